The van der Waals surface area contributed by atoms with Crippen LogP contribution in [0.5, 0.6) is 0 Å². The van der Waals surface area contributed by atoms with Gasteiger partial charge in [-0.25, -0.2) is 0 Å². The summed E-state index contributed by atoms with van der Waals surface area (Å²) in [5.41, 5.74) is -0.645. The fraction of sp³-hybridized carbons (Fsp3) is 0.889. The molecule has 0 bridgehead atoms. The van der Waals surface area contributed by atoms with E-state index in [-0.39, 0.29) is 12.5 Å². The van der Waals surface area contributed by atoms with Crippen molar-refractivity contribution in [2.45, 2.75) is 26.1 Å². The van der Waals surface area contributed by atoms with Gasteiger partial charge in [0, 0.05) is 5.92 Å². The second kappa shape index (κ2) is 2.45. The normalized spacial score (nSPS) is 41.8. The molecule has 4 heteroatoms. The molecule has 0 unspecified atom stereocenters. The van der Waals surface area contributed by atoms with Gasteiger partial charge in [-0.1, -0.05) is 0 Å². The Morgan fingerprint density at radius 1 is 1.46 bits per heavy atom. The molecule has 1 aliphatic heterocycles. The van der Waals surface area contributed by atoms with Gasteiger partial charge in [0.05, 0.1) is 18.6 Å². The highest BCUT2D eigenvalue weighted by molar-refractivity contribution is 5.78. The number of hydrogen-bond donors (Lipinski definition) is 1. The first-order chi connectivity index (χ1) is 5.96. The molecular weight excluding hydrogens is 172 g/mol. The van der Waals surface area contributed by atoms with Crippen LogP contribution in [0, 0.1) is 11.3 Å². The van der Waals surface area contributed by atoms with Crippen molar-refractivity contribution in [3.05, 3.63) is 0 Å². The minimum Gasteiger partial charge on any atom is -0.481 e. The van der Waals surface area contributed by atoms with Crippen molar-refractivity contribution >= 4 is 5.97 Å². The van der Waals surface area contributed by atoms with Gasteiger partial charge in [-0.3, -0.25) is 4.79 Å². The maximum absolute atomic E-state index is 10.9. The van der Waals surface area contributed by atoms with Crippen molar-refractivity contribution in [3.63, 3.8) is 0 Å². The molecule has 1 saturated heterocycles. The lowest BCUT2D eigenvalue weighted by Gasteiger charge is -2.24. The second-order valence-corrected chi connectivity index (χ2v) is 4.36. The molecule has 13 heavy (non-hydrogen) atoms. The lowest BCUT2D eigenvalue weighted by Crippen LogP contribution is -2.30. The van der Waals surface area contributed by atoms with Crippen LogP contribution in [0.3, 0.4) is 0 Å². The zero-order valence-corrected chi connectivity index (χ0v) is 7.87. The third-order valence-electron chi connectivity index (χ3n) is 2.97. The van der Waals surface area contributed by atoms with Crippen LogP contribution in [0.25, 0.3) is 0 Å². The topological polar surface area (TPSA) is 55.8 Å². The Morgan fingerprint density at radius 3 is 2.77 bits per heavy atom. The Balaban J connectivity index is 2.10. The standard InChI is InChI=1S/C9H14O4/c1-8(2)12-4-6-3-9(6,5-13-8)7(10)11/h6H,3-5H2,1-2H3,(H,10,11)/t6-,9-/m1/s1. The molecule has 2 rings (SSSR count). The van der Waals surface area contributed by atoms with Crippen molar-refractivity contribution in [3.8, 4) is 0 Å². The van der Waals surface area contributed by atoms with Crippen molar-refractivity contribution in [2.24, 2.45) is 11.3 Å². The monoisotopic (exact) mass is 186 g/mol. The van der Waals surface area contributed by atoms with Gasteiger partial charge in [0.1, 0.15) is 0 Å². The van der Waals surface area contributed by atoms with Gasteiger partial charge in [0.25, 0.3) is 0 Å². The molecule has 0 amide bonds. The molecule has 0 radical (unpaired) electrons. The van der Waals surface area contributed by atoms with Gasteiger partial charge in [-0.05, 0) is 20.3 Å². The summed E-state index contributed by atoms with van der Waals surface area (Å²) in [5, 5.41) is 9.00. The molecule has 1 heterocycles. The molecule has 1 saturated carbocycles. The third kappa shape index (κ3) is 1.34. The van der Waals surface area contributed by atoms with Gasteiger partial charge in [0.15, 0.2) is 5.79 Å². The summed E-state index contributed by atoms with van der Waals surface area (Å²) in [7, 11) is 0. The first kappa shape index (κ1) is 8.97. The van der Waals surface area contributed by atoms with E-state index in [1.807, 2.05) is 13.8 Å². The lowest BCUT2D eigenvalue weighted by molar-refractivity contribution is -0.209. The predicted molar refractivity (Wildman–Crippen MR) is 44.2 cm³/mol. The zero-order valence-electron chi connectivity index (χ0n) is 7.87. The van der Waals surface area contributed by atoms with Crippen LogP contribution >= 0.6 is 0 Å². The summed E-state index contributed by atoms with van der Waals surface area (Å²) in [6.45, 7) is 4.40. The third-order valence-corrected chi connectivity index (χ3v) is 2.97. The smallest absolute Gasteiger partial charge is 0.312 e. The molecule has 0 spiro atoms. The molecule has 2 atom stereocenters. The molecule has 1 aliphatic carbocycles. The van der Waals surface area contributed by atoms with E-state index >= 15 is 0 Å². The number of ether oxygens (including phenoxy) is 2. The summed E-state index contributed by atoms with van der Waals surface area (Å²) < 4.78 is 10.8. The van der Waals surface area contributed by atoms with E-state index in [4.69, 9.17) is 14.6 Å². The van der Waals surface area contributed by atoms with Crippen LogP contribution < -0.4 is 0 Å². The molecule has 2 aliphatic rings. The largest absolute Gasteiger partial charge is 0.481 e. The van der Waals surface area contributed by atoms with Gasteiger partial charge in [-0.2, -0.15) is 0 Å². The minimum absolute atomic E-state index is 0.145. The summed E-state index contributed by atoms with van der Waals surface area (Å²) >= 11 is 0. The van der Waals surface area contributed by atoms with E-state index in [1.165, 1.54) is 0 Å². The average molecular weight is 186 g/mol. The molecule has 0 aromatic carbocycles. The molecule has 0 aromatic heterocycles. The predicted octanol–water partition coefficient (Wildman–Crippen LogP) is 0.860. The maximum Gasteiger partial charge on any atom is 0.312 e. The van der Waals surface area contributed by atoms with E-state index in [9.17, 15) is 4.79 Å². The fourth-order valence-corrected chi connectivity index (χ4v) is 1.75. The Bertz CT molecular complexity index is 248. The number of carboxylic acids is 1. The van der Waals surface area contributed by atoms with E-state index in [0.717, 1.165) is 0 Å². The Kier molecular flexibility index (Phi) is 1.69. The molecular formula is C9H14O4. The zero-order chi connectivity index (χ0) is 9.69. The molecule has 0 aromatic rings. The van der Waals surface area contributed by atoms with Gasteiger partial charge in [-0.15, -0.1) is 0 Å². The molecule has 4 nitrogen and oxygen atoms in total. The van der Waals surface area contributed by atoms with Gasteiger partial charge in [0.2, 0.25) is 0 Å². The van der Waals surface area contributed by atoms with E-state index in [1.54, 1.807) is 0 Å². The Morgan fingerprint density at radius 2 is 2.15 bits per heavy atom. The molecule has 74 valence electrons. The summed E-state index contributed by atoms with van der Waals surface area (Å²) in [4.78, 5) is 10.9. The van der Waals surface area contributed by atoms with Crippen LogP contribution in [0.4, 0.5) is 0 Å². The lowest BCUT2D eigenvalue weighted by atomic mass is 10.1. The minimum atomic E-state index is -0.751. The number of fused-ring (bicyclic) bond motifs is 1. The second-order valence-electron chi connectivity index (χ2n) is 4.36. The number of rotatable bonds is 1. The van der Waals surface area contributed by atoms with Gasteiger partial charge >= 0.3 is 5.97 Å². The van der Waals surface area contributed by atoms with Crippen LogP contribution in [-0.4, -0.2) is 30.1 Å². The summed E-state index contributed by atoms with van der Waals surface area (Å²) in [5.74, 6) is -1.24. The highest BCUT2D eigenvalue weighted by Gasteiger charge is 2.62. The highest BCUT2D eigenvalue weighted by atomic mass is 16.7. The van der Waals surface area contributed by atoms with Crippen LogP contribution in [0.1, 0.15) is 20.3 Å². The van der Waals surface area contributed by atoms with Gasteiger partial charge < -0.3 is 14.6 Å². The van der Waals surface area contributed by atoms with Crippen molar-refractivity contribution < 1.29 is 19.4 Å². The summed E-state index contributed by atoms with van der Waals surface area (Å²) in [6, 6.07) is 0. The van der Waals surface area contributed by atoms with Crippen molar-refractivity contribution in [1.29, 1.82) is 0 Å². The highest BCUT2D eigenvalue weighted by Crippen LogP contribution is 2.55. The molecule has 2 fully saturated rings. The SMILES string of the molecule is CC1(C)OC[C@H]2C[C@@]2(C(=O)O)CO1. The van der Waals surface area contributed by atoms with Crippen molar-refractivity contribution in [2.75, 3.05) is 13.2 Å². The van der Waals surface area contributed by atoms with Crippen LogP contribution in [0.15, 0.2) is 0 Å². The average Bonchev–Trinajstić information content (AvgIpc) is 2.72. The number of aliphatic carboxylic acids is 1. The number of hydrogen-bond acceptors (Lipinski definition) is 3. The van der Waals surface area contributed by atoms with Crippen LogP contribution in [-0.2, 0) is 14.3 Å². The van der Waals surface area contributed by atoms with Crippen molar-refractivity contribution in [1.82, 2.24) is 0 Å². The number of carboxylic acid groups (broad SMARTS) is 1. The Labute approximate surface area is 76.8 Å². The fourth-order valence-electron chi connectivity index (χ4n) is 1.75. The Hall–Kier alpha value is -0.610. The first-order valence-corrected chi connectivity index (χ1v) is 4.48. The summed E-state index contributed by atoms with van der Waals surface area (Å²) in [6.07, 6.45) is 0.693. The molecule has 1 N–H and O–H groups in total. The van der Waals surface area contributed by atoms with E-state index < -0.39 is 17.2 Å². The quantitative estimate of drug-likeness (QED) is 0.660. The van der Waals surface area contributed by atoms with E-state index in [2.05, 4.69) is 0 Å². The maximum atomic E-state index is 10.9. The van der Waals surface area contributed by atoms with Crippen LogP contribution in [0.2, 0.25) is 0 Å². The first-order valence-electron chi connectivity index (χ1n) is 4.48. The van der Waals surface area contributed by atoms with E-state index in [0.29, 0.717) is 13.0 Å². The number of carbonyl (C=O) groups is 1.